The number of hydrogen-bond acceptors (Lipinski definition) is 7. The van der Waals surface area contributed by atoms with E-state index in [0.29, 0.717) is 18.4 Å². The number of aromatic nitrogens is 2. The van der Waals surface area contributed by atoms with Gasteiger partial charge in [-0.15, -0.1) is 0 Å². The number of rotatable bonds is 4. The zero-order chi connectivity index (χ0) is 17.6. The van der Waals surface area contributed by atoms with Crippen molar-refractivity contribution in [3.63, 3.8) is 0 Å². The fourth-order valence-corrected chi connectivity index (χ4v) is 2.50. The molecule has 0 radical (unpaired) electrons. The van der Waals surface area contributed by atoms with Gasteiger partial charge in [0.25, 0.3) is 5.56 Å². The lowest BCUT2D eigenvalue weighted by molar-refractivity contribution is -0.0247. The standard InChI is InChI=1S/C10H14N2O4.H4O5P2/c1-6-4-12(10(15)11-9(6)14)8-3-2-7(5-13)16-8;1-6(2)5-7(3)4/h4,7-8,13H,2-3,5H2,1H3,(H,11,14,15);6-7H,(H,1,2)(H,3,4)/t7-,8+;/m0./s1. The maximum Gasteiger partial charge on any atom is 0.330 e. The second kappa shape index (κ2) is 9.29. The lowest BCUT2D eigenvalue weighted by Gasteiger charge is -2.14. The summed E-state index contributed by atoms with van der Waals surface area (Å²) < 4.78 is 29.2. The van der Waals surface area contributed by atoms with Crippen molar-refractivity contribution in [1.29, 1.82) is 0 Å². The molecule has 0 aliphatic carbocycles. The lowest BCUT2D eigenvalue weighted by Crippen LogP contribution is -2.33. The van der Waals surface area contributed by atoms with Crippen molar-refractivity contribution in [1.82, 2.24) is 9.55 Å². The van der Waals surface area contributed by atoms with Crippen LogP contribution in [-0.4, -0.2) is 37.2 Å². The van der Waals surface area contributed by atoms with Crippen molar-refractivity contribution < 1.29 is 33.1 Å². The maximum absolute atomic E-state index is 11.5. The zero-order valence-corrected chi connectivity index (χ0v) is 14.1. The third-order valence-corrected chi connectivity index (χ3v) is 4.32. The molecule has 0 aromatic carbocycles. The Bertz CT molecular complexity index is 674. The van der Waals surface area contributed by atoms with Crippen molar-refractivity contribution in [2.24, 2.45) is 0 Å². The van der Waals surface area contributed by atoms with Crippen LogP contribution in [0.3, 0.4) is 0 Å². The number of aromatic amines is 1. The molecule has 0 bridgehead atoms. The van der Waals surface area contributed by atoms with Gasteiger partial charge < -0.3 is 19.6 Å². The van der Waals surface area contributed by atoms with E-state index < -0.39 is 22.2 Å². The predicted molar refractivity (Wildman–Crippen MR) is 79.8 cm³/mol. The summed E-state index contributed by atoms with van der Waals surface area (Å²) in [6.45, 7) is 1.58. The minimum absolute atomic E-state index is 0.0480. The number of ether oxygens (including phenoxy) is 1. The number of aryl methyl sites for hydroxylation is 1. The van der Waals surface area contributed by atoms with Crippen LogP contribution in [0.1, 0.15) is 24.6 Å². The molecule has 0 amide bonds. The van der Waals surface area contributed by atoms with Crippen LogP contribution in [0.25, 0.3) is 0 Å². The highest BCUT2D eigenvalue weighted by molar-refractivity contribution is 7.46. The smallest absolute Gasteiger partial charge is 0.330 e. The third kappa shape index (κ3) is 6.52. The van der Waals surface area contributed by atoms with E-state index in [1.54, 1.807) is 6.92 Å². The molecule has 132 valence electrons. The molecule has 1 fully saturated rings. The van der Waals surface area contributed by atoms with E-state index in [1.807, 2.05) is 0 Å². The molecular formula is C10H18N2O9P2. The summed E-state index contributed by atoms with van der Waals surface area (Å²) in [5.41, 5.74) is -0.382. The van der Waals surface area contributed by atoms with Crippen molar-refractivity contribution in [2.75, 3.05) is 6.61 Å². The molecule has 2 heterocycles. The average molecular weight is 372 g/mol. The van der Waals surface area contributed by atoms with Crippen LogP contribution in [0, 0.1) is 6.92 Å². The number of nitrogens with one attached hydrogen (secondary N) is 1. The summed E-state index contributed by atoms with van der Waals surface area (Å²) in [6, 6.07) is 0. The molecule has 4 atom stereocenters. The largest absolute Gasteiger partial charge is 0.394 e. The first-order chi connectivity index (χ1) is 10.7. The summed E-state index contributed by atoms with van der Waals surface area (Å²) in [5, 5.41) is 8.93. The molecule has 23 heavy (non-hydrogen) atoms. The fraction of sp³-hybridized carbons (Fsp3) is 0.600. The highest BCUT2D eigenvalue weighted by Gasteiger charge is 2.26. The SMILES string of the molecule is Cc1cn([C@H]2CC[C@@H](CO)O2)c(=O)[nH]c1=O.O=[PH](O)O[PH](=O)O. The monoisotopic (exact) mass is 372 g/mol. The van der Waals surface area contributed by atoms with Gasteiger partial charge in [0, 0.05) is 11.8 Å². The first-order valence-corrected chi connectivity index (χ1v) is 8.99. The van der Waals surface area contributed by atoms with E-state index in [9.17, 15) is 18.7 Å². The van der Waals surface area contributed by atoms with E-state index in [-0.39, 0.29) is 24.5 Å². The van der Waals surface area contributed by atoms with E-state index in [0.717, 1.165) is 0 Å². The van der Waals surface area contributed by atoms with Crippen molar-refractivity contribution in [2.45, 2.75) is 32.1 Å². The summed E-state index contributed by atoms with van der Waals surface area (Å²) in [4.78, 5) is 40.4. The highest BCUT2D eigenvalue weighted by Crippen LogP contribution is 2.30. The molecule has 4 N–H and O–H groups in total. The Morgan fingerprint density at radius 3 is 2.39 bits per heavy atom. The van der Waals surface area contributed by atoms with Crippen molar-refractivity contribution >= 4 is 16.5 Å². The van der Waals surface area contributed by atoms with Gasteiger partial charge >= 0.3 is 22.2 Å². The Balaban J connectivity index is 0.000000322. The fourth-order valence-electron chi connectivity index (χ4n) is 1.90. The molecule has 1 saturated heterocycles. The van der Waals surface area contributed by atoms with Crippen molar-refractivity contribution in [3.8, 4) is 0 Å². The lowest BCUT2D eigenvalue weighted by atomic mass is 10.2. The molecular weight excluding hydrogens is 354 g/mol. The molecule has 0 spiro atoms. The molecule has 1 aliphatic heterocycles. The predicted octanol–water partition coefficient (Wildman–Crippen LogP) is -0.718. The Morgan fingerprint density at radius 2 is 1.96 bits per heavy atom. The molecule has 2 unspecified atom stereocenters. The topological polar surface area (TPSA) is 168 Å². The molecule has 2 rings (SSSR count). The third-order valence-electron chi connectivity index (χ3n) is 2.92. The van der Waals surface area contributed by atoms with Gasteiger partial charge in [0.15, 0.2) is 0 Å². The quantitative estimate of drug-likeness (QED) is 0.498. The summed E-state index contributed by atoms with van der Waals surface area (Å²) in [7, 11) is -6.40. The minimum atomic E-state index is -3.20. The Kier molecular flexibility index (Phi) is 8.07. The van der Waals surface area contributed by atoms with Gasteiger partial charge in [-0.1, -0.05) is 0 Å². The van der Waals surface area contributed by atoms with Gasteiger partial charge in [0.2, 0.25) is 0 Å². The van der Waals surface area contributed by atoms with E-state index in [4.69, 9.17) is 19.6 Å². The van der Waals surface area contributed by atoms with Crippen LogP contribution in [0.4, 0.5) is 0 Å². The van der Waals surface area contributed by atoms with E-state index in [2.05, 4.69) is 9.29 Å². The molecule has 1 aromatic heterocycles. The maximum atomic E-state index is 11.5. The summed E-state index contributed by atoms with van der Waals surface area (Å²) in [6.07, 6.45) is 2.26. The summed E-state index contributed by atoms with van der Waals surface area (Å²) in [5.74, 6) is 0. The Hall–Kier alpha value is -1.06. The Morgan fingerprint density at radius 1 is 1.35 bits per heavy atom. The molecule has 0 saturated carbocycles. The Labute approximate surface area is 131 Å². The van der Waals surface area contributed by atoms with Gasteiger partial charge in [-0.2, -0.15) is 0 Å². The molecule has 1 aliphatic rings. The van der Waals surface area contributed by atoms with Gasteiger partial charge in [-0.25, -0.2) is 9.11 Å². The first kappa shape index (κ1) is 20.0. The van der Waals surface area contributed by atoms with Crippen LogP contribution >= 0.6 is 16.5 Å². The van der Waals surface area contributed by atoms with Crippen LogP contribution < -0.4 is 11.2 Å². The number of aliphatic hydroxyl groups excluding tert-OH is 1. The van der Waals surface area contributed by atoms with Gasteiger partial charge in [0.1, 0.15) is 6.23 Å². The van der Waals surface area contributed by atoms with Gasteiger partial charge in [0.05, 0.1) is 12.7 Å². The molecule has 13 heteroatoms. The highest BCUT2D eigenvalue weighted by atomic mass is 31.2. The minimum Gasteiger partial charge on any atom is -0.394 e. The summed E-state index contributed by atoms with van der Waals surface area (Å²) >= 11 is 0. The number of hydrogen-bond donors (Lipinski definition) is 4. The number of aliphatic hydroxyl groups is 1. The van der Waals surface area contributed by atoms with E-state index in [1.165, 1.54) is 10.8 Å². The van der Waals surface area contributed by atoms with Crippen LogP contribution in [0.5, 0.6) is 0 Å². The molecule has 11 nitrogen and oxygen atoms in total. The number of nitrogens with zero attached hydrogens (tertiary/aromatic N) is 1. The van der Waals surface area contributed by atoms with Crippen molar-refractivity contribution in [3.05, 3.63) is 32.6 Å². The zero-order valence-electron chi connectivity index (χ0n) is 12.1. The number of H-pyrrole nitrogens is 1. The van der Waals surface area contributed by atoms with Crippen LogP contribution in [0.15, 0.2) is 15.8 Å². The average Bonchev–Trinajstić information content (AvgIpc) is 2.90. The van der Waals surface area contributed by atoms with Crippen LogP contribution in [0.2, 0.25) is 0 Å². The molecule has 1 aromatic rings. The van der Waals surface area contributed by atoms with Gasteiger partial charge in [-0.05, 0) is 19.8 Å². The second-order valence-electron chi connectivity index (χ2n) is 4.59. The van der Waals surface area contributed by atoms with E-state index >= 15 is 0 Å². The normalized spacial score (nSPS) is 23.0. The van der Waals surface area contributed by atoms with Gasteiger partial charge in [-0.3, -0.25) is 23.5 Å². The van der Waals surface area contributed by atoms with Crippen LogP contribution in [-0.2, 0) is 18.2 Å². The second-order valence-corrected chi connectivity index (χ2v) is 6.47. The first-order valence-electron chi connectivity index (χ1n) is 6.46.